The summed E-state index contributed by atoms with van der Waals surface area (Å²) in [4.78, 5) is 0. The van der Waals surface area contributed by atoms with E-state index in [2.05, 4.69) is 50.3 Å². The molecule has 2 aromatic rings. The average Bonchev–Trinajstić information content (AvgIpc) is 3.08. The number of rotatable bonds is 8. The average molecular weight is 338 g/mol. The molecule has 0 N–H and O–H groups in total. The van der Waals surface area contributed by atoms with Crippen LogP contribution in [-0.4, -0.2) is 13.4 Å². The molecule has 25 heavy (non-hydrogen) atoms. The molecule has 0 aromatic heterocycles. The van der Waals surface area contributed by atoms with Gasteiger partial charge in [0.15, 0.2) is 11.5 Å². The Bertz CT molecular complexity index is 721. The highest BCUT2D eigenvalue weighted by Gasteiger charge is 2.13. The van der Waals surface area contributed by atoms with Gasteiger partial charge in [0, 0.05) is 0 Å². The van der Waals surface area contributed by atoms with E-state index in [9.17, 15) is 0 Å². The van der Waals surface area contributed by atoms with E-state index in [1.54, 1.807) is 0 Å². The Morgan fingerprint density at radius 1 is 1.12 bits per heavy atom. The molecule has 0 spiro atoms. The number of unbranched alkanes of at least 4 members (excludes halogenated alkanes) is 1. The summed E-state index contributed by atoms with van der Waals surface area (Å²) in [6, 6.07) is 14.4. The number of allylic oxidation sites excluding steroid dienone is 1. The maximum atomic E-state index is 5.77. The molecule has 0 fully saturated rings. The Morgan fingerprint density at radius 2 is 2.00 bits per heavy atom. The third-order valence-electron chi connectivity index (χ3n) is 4.24. The summed E-state index contributed by atoms with van der Waals surface area (Å²) in [5.41, 5.74) is 2.43. The van der Waals surface area contributed by atoms with Gasteiger partial charge in [-0.1, -0.05) is 50.6 Å². The van der Waals surface area contributed by atoms with Crippen LogP contribution in [0, 0.1) is 5.92 Å². The molecule has 2 aromatic carbocycles. The molecular weight excluding hydrogens is 312 g/mol. The zero-order chi connectivity index (χ0) is 17.5. The fourth-order valence-corrected chi connectivity index (χ4v) is 2.83. The number of hydrogen-bond donors (Lipinski definition) is 0. The van der Waals surface area contributed by atoms with Crippen LogP contribution in [0.5, 0.6) is 17.2 Å². The molecule has 1 aliphatic rings. The molecule has 3 nitrogen and oxygen atoms in total. The van der Waals surface area contributed by atoms with Crippen LogP contribution in [0.15, 0.2) is 48.5 Å². The van der Waals surface area contributed by atoms with E-state index in [1.165, 1.54) is 11.1 Å². The number of fused-ring (bicyclic) bond motifs is 1. The largest absolute Gasteiger partial charge is 0.494 e. The van der Waals surface area contributed by atoms with Gasteiger partial charge in [0.1, 0.15) is 5.75 Å². The SMILES string of the molecule is CCCCOc1cccc(/C=C/C(C)Cc2ccc3c(c2)OCO3)c1. The quantitative estimate of drug-likeness (QED) is 0.596. The van der Waals surface area contributed by atoms with Crippen LogP contribution in [0.25, 0.3) is 6.08 Å². The fourth-order valence-electron chi connectivity index (χ4n) is 2.83. The van der Waals surface area contributed by atoms with Gasteiger partial charge in [-0.25, -0.2) is 0 Å². The fraction of sp³-hybridized carbons (Fsp3) is 0.364. The van der Waals surface area contributed by atoms with Gasteiger partial charge in [0.05, 0.1) is 6.61 Å². The first-order valence-electron chi connectivity index (χ1n) is 9.04. The summed E-state index contributed by atoms with van der Waals surface area (Å²) in [6.07, 6.45) is 7.63. The van der Waals surface area contributed by atoms with E-state index < -0.39 is 0 Å². The second kappa shape index (κ2) is 8.61. The molecule has 3 heteroatoms. The number of benzene rings is 2. The van der Waals surface area contributed by atoms with Crippen LogP contribution in [0.3, 0.4) is 0 Å². The van der Waals surface area contributed by atoms with Crippen LogP contribution in [-0.2, 0) is 6.42 Å². The Labute approximate surface area is 150 Å². The van der Waals surface area contributed by atoms with Crippen molar-refractivity contribution in [2.24, 2.45) is 5.92 Å². The smallest absolute Gasteiger partial charge is 0.231 e. The Balaban J connectivity index is 1.57. The first kappa shape index (κ1) is 17.4. The Kier molecular flexibility index (Phi) is 5.99. The molecule has 0 bridgehead atoms. The van der Waals surface area contributed by atoms with Crippen molar-refractivity contribution in [1.82, 2.24) is 0 Å². The van der Waals surface area contributed by atoms with Gasteiger partial charge in [-0.15, -0.1) is 0 Å². The van der Waals surface area contributed by atoms with Gasteiger partial charge in [-0.05, 0) is 54.2 Å². The molecule has 1 heterocycles. The lowest BCUT2D eigenvalue weighted by Gasteiger charge is -2.08. The summed E-state index contributed by atoms with van der Waals surface area (Å²) < 4.78 is 16.6. The van der Waals surface area contributed by atoms with Crippen LogP contribution < -0.4 is 14.2 Å². The molecule has 3 rings (SSSR count). The summed E-state index contributed by atoms with van der Waals surface area (Å²) in [7, 11) is 0. The minimum absolute atomic E-state index is 0.324. The predicted octanol–water partition coefficient (Wildman–Crippen LogP) is 5.49. The monoisotopic (exact) mass is 338 g/mol. The molecule has 132 valence electrons. The van der Waals surface area contributed by atoms with Crippen molar-refractivity contribution in [1.29, 1.82) is 0 Å². The van der Waals surface area contributed by atoms with E-state index in [1.807, 2.05) is 18.2 Å². The molecule has 0 saturated heterocycles. The zero-order valence-corrected chi connectivity index (χ0v) is 15.0. The van der Waals surface area contributed by atoms with E-state index in [0.717, 1.165) is 43.1 Å². The molecule has 1 unspecified atom stereocenters. The van der Waals surface area contributed by atoms with Crippen molar-refractivity contribution in [2.45, 2.75) is 33.1 Å². The molecule has 0 aliphatic carbocycles. The summed E-state index contributed by atoms with van der Waals surface area (Å²) in [5.74, 6) is 3.07. The highest BCUT2D eigenvalue weighted by atomic mass is 16.7. The molecule has 0 amide bonds. The van der Waals surface area contributed by atoms with Crippen LogP contribution >= 0.6 is 0 Å². The summed E-state index contributed by atoms with van der Waals surface area (Å²) in [5, 5.41) is 0. The van der Waals surface area contributed by atoms with Crippen molar-refractivity contribution in [2.75, 3.05) is 13.4 Å². The lowest BCUT2D eigenvalue weighted by Crippen LogP contribution is -1.97. The van der Waals surface area contributed by atoms with Crippen molar-refractivity contribution in [3.8, 4) is 17.2 Å². The lowest BCUT2D eigenvalue weighted by molar-refractivity contribution is 0.174. The molecule has 1 aliphatic heterocycles. The second-order valence-corrected chi connectivity index (χ2v) is 6.50. The van der Waals surface area contributed by atoms with Gasteiger partial charge in [-0.3, -0.25) is 0 Å². The highest BCUT2D eigenvalue weighted by molar-refractivity contribution is 5.52. The second-order valence-electron chi connectivity index (χ2n) is 6.50. The van der Waals surface area contributed by atoms with Crippen LogP contribution in [0.4, 0.5) is 0 Å². The first-order valence-corrected chi connectivity index (χ1v) is 9.04. The van der Waals surface area contributed by atoms with Crippen molar-refractivity contribution in [3.05, 3.63) is 59.7 Å². The van der Waals surface area contributed by atoms with E-state index in [4.69, 9.17) is 14.2 Å². The highest BCUT2D eigenvalue weighted by Crippen LogP contribution is 2.33. The predicted molar refractivity (Wildman–Crippen MR) is 101 cm³/mol. The number of hydrogen-bond acceptors (Lipinski definition) is 3. The summed E-state index contributed by atoms with van der Waals surface area (Å²) in [6.45, 7) is 5.50. The van der Waals surface area contributed by atoms with Crippen LogP contribution in [0.2, 0.25) is 0 Å². The first-order chi connectivity index (χ1) is 12.2. The zero-order valence-electron chi connectivity index (χ0n) is 15.0. The van der Waals surface area contributed by atoms with Gasteiger partial charge in [-0.2, -0.15) is 0 Å². The minimum Gasteiger partial charge on any atom is -0.494 e. The maximum absolute atomic E-state index is 5.77. The third kappa shape index (κ3) is 5.02. The van der Waals surface area contributed by atoms with Crippen molar-refractivity contribution in [3.63, 3.8) is 0 Å². The molecule has 0 radical (unpaired) electrons. The standard InChI is InChI=1S/C22H26O3/c1-3-4-12-23-20-7-5-6-18(14-20)9-8-17(2)13-19-10-11-21-22(15-19)25-16-24-21/h5-11,14-15,17H,3-4,12-13,16H2,1-2H3/b9-8+. The number of ether oxygens (including phenoxy) is 3. The van der Waals surface area contributed by atoms with Gasteiger partial charge >= 0.3 is 0 Å². The Hall–Kier alpha value is -2.42. The normalized spacial score (nSPS) is 14.0. The summed E-state index contributed by atoms with van der Waals surface area (Å²) >= 11 is 0. The van der Waals surface area contributed by atoms with Crippen molar-refractivity contribution >= 4 is 6.08 Å². The van der Waals surface area contributed by atoms with Crippen molar-refractivity contribution < 1.29 is 14.2 Å². The Morgan fingerprint density at radius 3 is 2.88 bits per heavy atom. The maximum Gasteiger partial charge on any atom is 0.231 e. The lowest BCUT2D eigenvalue weighted by atomic mass is 9.99. The van der Waals surface area contributed by atoms with Gasteiger partial charge in [0.2, 0.25) is 6.79 Å². The molecule has 0 saturated carbocycles. The molecule has 1 atom stereocenters. The van der Waals surface area contributed by atoms with E-state index in [0.29, 0.717) is 12.7 Å². The van der Waals surface area contributed by atoms with Crippen LogP contribution in [0.1, 0.15) is 37.8 Å². The van der Waals surface area contributed by atoms with E-state index >= 15 is 0 Å². The minimum atomic E-state index is 0.324. The molecular formula is C22H26O3. The third-order valence-corrected chi connectivity index (χ3v) is 4.24. The van der Waals surface area contributed by atoms with E-state index in [-0.39, 0.29) is 0 Å². The van der Waals surface area contributed by atoms with Gasteiger partial charge < -0.3 is 14.2 Å². The topological polar surface area (TPSA) is 27.7 Å². The van der Waals surface area contributed by atoms with Gasteiger partial charge in [0.25, 0.3) is 0 Å².